The number of hydrogen-bond acceptors (Lipinski definition) is 5. The summed E-state index contributed by atoms with van der Waals surface area (Å²) in [6.07, 6.45) is -6.46. The number of amides is 1. The molecule has 0 saturated carbocycles. The van der Waals surface area contributed by atoms with Gasteiger partial charge in [-0.15, -0.1) is 0 Å². The first-order chi connectivity index (χ1) is 6.32. The molecule has 0 radical (unpaired) electrons. The van der Waals surface area contributed by atoms with E-state index in [2.05, 4.69) is 9.57 Å². The predicted octanol–water partition coefficient (Wildman–Crippen LogP) is 0.210. The average molecular weight is 216 g/mol. The SMILES string of the molecule is CNN(OC(=O)C(F)(F)F)C(=O)OC. The lowest BCUT2D eigenvalue weighted by Gasteiger charge is -2.17. The lowest BCUT2D eigenvalue weighted by Crippen LogP contribution is -2.44. The normalized spacial score (nSPS) is 10.6. The number of nitrogens with zero attached hydrogens (tertiary/aromatic N) is 1. The standard InChI is InChI=1S/C5H7F3N2O4/c1-9-10(4(12)13-2)14-3(11)5(6,7)8/h9H,1-2H3. The number of alkyl halides is 3. The highest BCUT2D eigenvalue weighted by molar-refractivity contribution is 5.77. The summed E-state index contributed by atoms with van der Waals surface area (Å²) in [6.45, 7) is 0. The Morgan fingerprint density at radius 2 is 1.86 bits per heavy atom. The zero-order valence-corrected chi connectivity index (χ0v) is 7.21. The lowest BCUT2D eigenvalue weighted by atomic mass is 10.7. The Morgan fingerprint density at radius 1 is 1.36 bits per heavy atom. The Hall–Kier alpha value is -1.51. The van der Waals surface area contributed by atoms with Crippen LogP contribution in [0.2, 0.25) is 0 Å². The second-order valence-electron chi connectivity index (χ2n) is 1.86. The van der Waals surface area contributed by atoms with Crippen LogP contribution in [0.1, 0.15) is 0 Å². The fourth-order valence-corrected chi connectivity index (χ4v) is 0.392. The highest BCUT2D eigenvalue weighted by Gasteiger charge is 2.43. The largest absolute Gasteiger partial charge is 0.493 e. The smallest absolute Gasteiger partial charge is 0.450 e. The van der Waals surface area contributed by atoms with E-state index in [1.165, 1.54) is 0 Å². The molecule has 0 aromatic heterocycles. The van der Waals surface area contributed by atoms with Crippen molar-refractivity contribution in [3.63, 3.8) is 0 Å². The van der Waals surface area contributed by atoms with E-state index in [9.17, 15) is 22.8 Å². The number of nitrogens with one attached hydrogen (secondary N) is 1. The number of carbonyl (C=O) groups excluding carboxylic acids is 2. The maximum atomic E-state index is 11.6. The molecule has 0 saturated heterocycles. The maximum Gasteiger partial charge on any atom is 0.493 e. The van der Waals surface area contributed by atoms with E-state index in [1.54, 1.807) is 0 Å². The number of hydrogen-bond donors (Lipinski definition) is 1. The Morgan fingerprint density at radius 3 is 2.14 bits per heavy atom. The third-order valence-corrected chi connectivity index (χ3v) is 0.949. The molecule has 82 valence electrons. The molecule has 1 N–H and O–H groups in total. The van der Waals surface area contributed by atoms with Crippen LogP contribution in [0.4, 0.5) is 18.0 Å². The molecule has 0 aliphatic heterocycles. The van der Waals surface area contributed by atoms with Crippen LogP contribution in [0.15, 0.2) is 0 Å². The second-order valence-corrected chi connectivity index (χ2v) is 1.86. The van der Waals surface area contributed by atoms with Gasteiger partial charge in [-0.2, -0.15) is 18.6 Å². The third kappa shape index (κ3) is 3.47. The van der Waals surface area contributed by atoms with Crippen molar-refractivity contribution in [3.05, 3.63) is 0 Å². The Bertz CT molecular complexity index is 230. The van der Waals surface area contributed by atoms with E-state index >= 15 is 0 Å². The monoisotopic (exact) mass is 216 g/mol. The summed E-state index contributed by atoms with van der Waals surface area (Å²) < 4.78 is 38.9. The van der Waals surface area contributed by atoms with Gasteiger partial charge in [0.1, 0.15) is 0 Å². The lowest BCUT2D eigenvalue weighted by molar-refractivity contribution is -0.238. The van der Waals surface area contributed by atoms with Crippen molar-refractivity contribution in [1.29, 1.82) is 0 Å². The molecule has 0 atom stereocenters. The van der Waals surface area contributed by atoms with Gasteiger partial charge >= 0.3 is 18.2 Å². The predicted molar refractivity (Wildman–Crippen MR) is 35.5 cm³/mol. The summed E-state index contributed by atoms with van der Waals surface area (Å²) in [5.74, 6) is -2.53. The van der Waals surface area contributed by atoms with Crippen molar-refractivity contribution in [2.24, 2.45) is 0 Å². The number of hydrazine groups is 1. The molecule has 0 aromatic carbocycles. The van der Waals surface area contributed by atoms with Crippen molar-refractivity contribution >= 4 is 12.1 Å². The number of carbonyl (C=O) groups is 2. The third-order valence-electron chi connectivity index (χ3n) is 0.949. The molecule has 0 heterocycles. The van der Waals surface area contributed by atoms with Gasteiger partial charge in [-0.05, 0) is 0 Å². The fraction of sp³-hybridized carbons (Fsp3) is 0.600. The average Bonchev–Trinajstić information content (AvgIpc) is 2.10. The van der Waals surface area contributed by atoms with Crippen molar-refractivity contribution in [2.45, 2.75) is 6.18 Å². The van der Waals surface area contributed by atoms with E-state index in [-0.39, 0.29) is 5.17 Å². The number of hydroxylamine groups is 1. The van der Waals surface area contributed by atoms with E-state index in [4.69, 9.17) is 0 Å². The summed E-state index contributed by atoms with van der Waals surface area (Å²) >= 11 is 0. The highest BCUT2D eigenvalue weighted by atomic mass is 19.4. The molecule has 9 heteroatoms. The van der Waals surface area contributed by atoms with Gasteiger partial charge in [-0.25, -0.2) is 9.59 Å². The van der Waals surface area contributed by atoms with Gasteiger partial charge in [0.15, 0.2) is 0 Å². The van der Waals surface area contributed by atoms with Gasteiger partial charge in [0.05, 0.1) is 7.11 Å². The minimum Gasteiger partial charge on any atom is -0.450 e. The van der Waals surface area contributed by atoms with Gasteiger partial charge in [0.25, 0.3) is 0 Å². The molecule has 0 aromatic rings. The van der Waals surface area contributed by atoms with Crippen molar-refractivity contribution in [3.8, 4) is 0 Å². The van der Waals surface area contributed by atoms with Gasteiger partial charge in [0, 0.05) is 7.05 Å². The zero-order chi connectivity index (χ0) is 11.4. The number of rotatable bonds is 1. The van der Waals surface area contributed by atoms with Crippen molar-refractivity contribution in [2.75, 3.05) is 14.2 Å². The first kappa shape index (κ1) is 12.5. The number of methoxy groups -OCH3 is 1. The summed E-state index contributed by atoms with van der Waals surface area (Å²) in [6, 6.07) is 0. The maximum absolute atomic E-state index is 11.6. The van der Waals surface area contributed by atoms with Gasteiger partial charge < -0.3 is 9.57 Å². The molecule has 0 aliphatic rings. The molecule has 1 amide bonds. The van der Waals surface area contributed by atoms with E-state index in [0.717, 1.165) is 14.2 Å². The highest BCUT2D eigenvalue weighted by Crippen LogP contribution is 2.16. The molecule has 0 aliphatic carbocycles. The van der Waals surface area contributed by atoms with Crippen LogP contribution in [0.3, 0.4) is 0 Å². The van der Waals surface area contributed by atoms with Crippen LogP contribution < -0.4 is 5.43 Å². The van der Waals surface area contributed by atoms with Crippen LogP contribution in [-0.4, -0.2) is 37.6 Å². The topological polar surface area (TPSA) is 67.9 Å². The van der Waals surface area contributed by atoms with E-state index in [1.807, 2.05) is 5.43 Å². The zero-order valence-electron chi connectivity index (χ0n) is 7.21. The molecule has 6 nitrogen and oxygen atoms in total. The van der Waals surface area contributed by atoms with Crippen LogP contribution in [0, 0.1) is 0 Å². The van der Waals surface area contributed by atoms with Gasteiger partial charge in [-0.3, -0.25) is 0 Å². The first-order valence-corrected chi connectivity index (χ1v) is 3.17. The Labute approximate surface area is 76.5 Å². The second kappa shape index (κ2) is 4.65. The molecular formula is C5H7F3N2O4. The Kier molecular flexibility index (Phi) is 4.15. The van der Waals surface area contributed by atoms with Crippen molar-refractivity contribution in [1.82, 2.24) is 10.6 Å². The minimum atomic E-state index is -5.18. The van der Waals surface area contributed by atoms with Gasteiger partial charge in [0.2, 0.25) is 0 Å². The molecule has 0 spiro atoms. The van der Waals surface area contributed by atoms with E-state index in [0.29, 0.717) is 0 Å². The number of ether oxygens (including phenoxy) is 1. The van der Waals surface area contributed by atoms with Crippen LogP contribution in [0.25, 0.3) is 0 Å². The van der Waals surface area contributed by atoms with E-state index < -0.39 is 18.2 Å². The summed E-state index contributed by atoms with van der Waals surface area (Å²) in [4.78, 5) is 24.4. The molecule has 0 rings (SSSR count). The summed E-state index contributed by atoms with van der Waals surface area (Å²) in [5.41, 5.74) is 1.87. The minimum absolute atomic E-state index is 0.0875. The van der Waals surface area contributed by atoms with Crippen LogP contribution in [0.5, 0.6) is 0 Å². The molecule has 14 heavy (non-hydrogen) atoms. The summed E-state index contributed by atoms with van der Waals surface area (Å²) in [5, 5.41) is -0.0875. The first-order valence-electron chi connectivity index (χ1n) is 3.17. The van der Waals surface area contributed by atoms with Crippen LogP contribution in [-0.2, 0) is 14.4 Å². The van der Waals surface area contributed by atoms with Crippen LogP contribution >= 0.6 is 0 Å². The van der Waals surface area contributed by atoms with Gasteiger partial charge in [-0.1, -0.05) is 5.17 Å². The summed E-state index contributed by atoms with van der Waals surface area (Å²) in [7, 11) is 1.98. The quantitative estimate of drug-likeness (QED) is 0.634. The Balaban J connectivity index is 4.34. The molecular weight excluding hydrogens is 209 g/mol. The molecule has 0 fully saturated rings. The fourth-order valence-electron chi connectivity index (χ4n) is 0.392. The number of halogens is 3. The van der Waals surface area contributed by atoms with Crippen molar-refractivity contribution < 1.29 is 32.3 Å². The molecule has 0 unspecified atom stereocenters. The molecule has 0 bridgehead atoms.